The summed E-state index contributed by atoms with van der Waals surface area (Å²) in [7, 11) is -3.67. The predicted octanol–water partition coefficient (Wildman–Crippen LogP) is 0.606. The molecule has 122 valence electrons. The molecule has 1 heterocycles. The van der Waals surface area contributed by atoms with Crippen LogP contribution in [0.1, 0.15) is 31.2 Å². The topological polar surface area (TPSA) is 106 Å². The maximum atomic E-state index is 12.3. The first-order chi connectivity index (χ1) is 10.4. The SMILES string of the molecule is NCC1CCCCN1C(=O)CCc1ccc(S(N)(=O)=O)cc1. The van der Waals surface area contributed by atoms with Crippen molar-refractivity contribution in [1.29, 1.82) is 0 Å². The Morgan fingerprint density at radius 3 is 2.50 bits per heavy atom. The zero-order chi connectivity index (χ0) is 16.2. The highest BCUT2D eigenvalue weighted by molar-refractivity contribution is 7.89. The van der Waals surface area contributed by atoms with E-state index >= 15 is 0 Å². The fraction of sp³-hybridized carbons (Fsp3) is 0.533. The first-order valence-corrected chi connectivity index (χ1v) is 9.07. The molecule has 1 unspecified atom stereocenters. The number of likely N-dealkylation sites (tertiary alicyclic amines) is 1. The molecule has 0 radical (unpaired) electrons. The fourth-order valence-corrected chi connectivity index (χ4v) is 3.33. The summed E-state index contributed by atoms with van der Waals surface area (Å²) in [6, 6.07) is 6.50. The van der Waals surface area contributed by atoms with Gasteiger partial charge in [-0.25, -0.2) is 13.6 Å². The van der Waals surface area contributed by atoms with Crippen LogP contribution < -0.4 is 10.9 Å². The zero-order valence-electron chi connectivity index (χ0n) is 12.6. The summed E-state index contributed by atoms with van der Waals surface area (Å²) in [6.45, 7) is 1.29. The number of carbonyl (C=O) groups excluding carboxylic acids is 1. The molecule has 0 bridgehead atoms. The molecule has 4 N–H and O–H groups in total. The van der Waals surface area contributed by atoms with Crippen molar-refractivity contribution in [3.63, 3.8) is 0 Å². The van der Waals surface area contributed by atoms with Gasteiger partial charge < -0.3 is 10.6 Å². The predicted molar refractivity (Wildman–Crippen MR) is 84.5 cm³/mol. The number of carbonyl (C=O) groups is 1. The van der Waals surface area contributed by atoms with E-state index in [4.69, 9.17) is 10.9 Å². The third kappa shape index (κ3) is 4.28. The van der Waals surface area contributed by atoms with Gasteiger partial charge in [-0.3, -0.25) is 4.79 Å². The Morgan fingerprint density at radius 1 is 1.23 bits per heavy atom. The highest BCUT2D eigenvalue weighted by atomic mass is 32.2. The average molecular weight is 325 g/mol. The van der Waals surface area contributed by atoms with E-state index in [0.717, 1.165) is 31.4 Å². The minimum atomic E-state index is -3.67. The third-order valence-electron chi connectivity index (χ3n) is 4.10. The summed E-state index contributed by atoms with van der Waals surface area (Å²) in [5, 5.41) is 5.06. The summed E-state index contributed by atoms with van der Waals surface area (Å²) in [4.78, 5) is 14.3. The minimum Gasteiger partial charge on any atom is -0.338 e. The molecule has 1 saturated heterocycles. The minimum absolute atomic E-state index is 0.0850. The number of benzene rings is 1. The number of hydrogen-bond acceptors (Lipinski definition) is 4. The van der Waals surface area contributed by atoms with Crippen molar-refractivity contribution < 1.29 is 13.2 Å². The number of primary sulfonamides is 1. The van der Waals surface area contributed by atoms with Crippen LogP contribution in [0.3, 0.4) is 0 Å². The third-order valence-corrected chi connectivity index (χ3v) is 5.03. The van der Waals surface area contributed by atoms with Gasteiger partial charge in [0.2, 0.25) is 15.9 Å². The lowest BCUT2D eigenvalue weighted by molar-refractivity contribution is -0.134. The monoisotopic (exact) mass is 325 g/mol. The fourth-order valence-electron chi connectivity index (χ4n) is 2.81. The second-order valence-electron chi connectivity index (χ2n) is 5.66. The van der Waals surface area contributed by atoms with Gasteiger partial charge in [0.15, 0.2) is 0 Å². The molecule has 1 fully saturated rings. The van der Waals surface area contributed by atoms with Crippen LogP contribution in [-0.4, -0.2) is 38.4 Å². The number of aryl methyl sites for hydroxylation is 1. The van der Waals surface area contributed by atoms with E-state index in [0.29, 0.717) is 19.4 Å². The second-order valence-corrected chi connectivity index (χ2v) is 7.22. The van der Waals surface area contributed by atoms with E-state index in [1.165, 1.54) is 12.1 Å². The molecular formula is C15H23N3O3S. The smallest absolute Gasteiger partial charge is 0.238 e. The van der Waals surface area contributed by atoms with Crippen molar-refractivity contribution in [2.75, 3.05) is 13.1 Å². The summed E-state index contributed by atoms with van der Waals surface area (Å²) >= 11 is 0. The summed E-state index contributed by atoms with van der Waals surface area (Å²) in [5.41, 5.74) is 6.65. The Balaban J connectivity index is 1.93. The molecule has 0 spiro atoms. The number of amides is 1. The molecule has 1 atom stereocenters. The van der Waals surface area contributed by atoms with Gasteiger partial charge in [-0.1, -0.05) is 12.1 Å². The lowest BCUT2D eigenvalue weighted by atomic mass is 10.0. The molecular weight excluding hydrogens is 302 g/mol. The molecule has 1 aliphatic heterocycles. The maximum absolute atomic E-state index is 12.3. The van der Waals surface area contributed by atoms with Gasteiger partial charge in [0.05, 0.1) is 4.90 Å². The molecule has 1 aromatic carbocycles. The van der Waals surface area contributed by atoms with Crippen LogP contribution in [0.4, 0.5) is 0 Å². The summed E-state index contributed by atoms with van der Waals surface area (Å²) in [5.74, 6) is 0.116. The van der Waals surface area contributed by atoms with Gasteiger partial charge in [-0.15, -0.1) is 0 Å². The number of nitrogens with zero attached hydrogens (tertiary/aromatic N) is 1. The molecule has 0 saturated carbocycles. The molecule has 1 amide bonds. The van der Waals surface area contributed by atoms with Crippen LogP contribution in [0.2, 0.25) is 0 Å². The molecule has 0 aliphatic carbocycles. The standard InChI is InChI=1S/C15H23N3O3S/c16-11-13-3-1-2-10-18(13)15(19)9-6-12-4-7-14(8-5-12)22(17,20)21/h4-5,7-8,13H,1-3,6,9-11,16H2,(H2,17,20,21). The zero-order valence-corrected chi connectivity index (χ0v) is 13.4. The first-order valence-electron chi connectivity index (χ1n) is 7.53. The van der Waals surface area contributed by atoms with Gasteiger partial charge in [-0.05, 0) is 43.4 Å². The van der Waals surface area contributed by atoms with Crippen molar-refractivity contribution >= 4 is 15.9 Å². The summed E-state index contributed by atoms with van der Waals surface area (Å²) < 4.78 is 22.4. The molecule has 2 rings (SSSR count). The average Bonchev–Trinajstić information content (AvgIpc) is 2.52. The maximum Gasteiger partial charge on any atom is 0.238 e. The Labute approximate surface area is 131 Å². The molecule has 0 aromatic heterocycles. The number of rotatable bonds is 5. The highest BCUT2D eigenvalue weighted by Crippen LogP contribution is 2.18. The Morgan fingerprint density at radius 2 is 1.91 bits per heavy atom. The lowest BCUT2D eigenvalue weighted by Gasteiger charge is -2.35. The Hall–Kier alpha value is -1.44. The van der Waals surface area contributed by atoms with E-state index in [-0.39, 0.29) is 16.8 Å². The largest absolute Gasteiger partial charge is 0.338 e. The normalized spacial score (nSPS) is 19.2. The van der Waals surface area contributed by atoms with Crippen LogP contribution in [0.5, 0.6) is 0 Å². The first kappa shape index (κ1) is 16.9. The van der Waals surface area contributed by atoms with Gasteiger partial charge >= 0.3 is 0 Å². The molecule has 7 heteroatoms. The molecule has 6 nitrogen and oxygen atoms in total. The van der Waals surface area contributed by atoms with Gasteiger partial charge in [0.1, 0.15) is 0 Å². The van der Waals surface area contributed by atoms with Crippen LogP contribution in [0, 0.1) is 0 Å². The van der Waals surface area contributed by atoms with Gasteiger partial charge in [-0.2, -0.15) is 0 Å². The second kappa shape index (κ2) is 7.21. The number of nitrogens with two attached hydrogens (primary N) is 2. The van der Waals surface area contributed by atoms with Crippen LogP contribution in [0.15, 0.2) is 29.2 Å². The van der Waals surface area contributed by atoms with Crippen LogP contribution >= 0.6 is 0 Å². The van der Waals surface area contributed by atoms with Crippen molar-refractivity contribution in [2.24, 2.45) is 10.9 Å². The van der Waals surface area contributed by atoms with E-state index in [2.05, 4.69) is 0 Å². The van der Waals surface area contributed by atoms with Crippen molar-refractivity contribution in [3.05, 3.63) is 29.8 Å². The molecule has 1 aliphatic rings. The molecule has 1 aromatic rings. The number of hydrogen-bond donors (Lipinski definition) is 2. The Bertz CT molecular complexity index is 613. The highest BCUT2D eigenvalue weighted by Gasteiger charge is 2.24. The van der Waals surface area contributed by atoms with Crippen molar-refractivity contribution in [3.8, 4) is 0 Å². The van der Waals surface area contributed by atoms with Crippen molar-refractivity contribution in [2.45, 2.75) is 43.0 Å². The Kier molecular flexibility index (Phi) is 5.55. The van der Waals surface area contributed by atoms with E-state index in [9.17, 15) is 13.2 Å². The number of sulfonamides is 1. The van der Waals surface area contributed by atoms with Crippen molar-refractivity contribution in [1.82, 2.24) is 4.90 Å². The van der Waals surface area contributed by atoms with Gasteiger partial charge in [0, 0.05) is 25.6 Å². The van der Waals surface area contributed by atoms with Gasteiger partial charge in [0.25, 0.3) is 0 Å². The van der Waals surface area contributed by atoms with E-state index in [1.54, 1.807) is 12.1 Å². The van der Waals surface area contributed by atoms with Crippen LogP contribution in [-0.2, 0) is 21.2 Å². The summed E-state index contributed by atoms with van der Waals surface area (Å²) in [6.07, 6.45) is 4.13. The van der Waals surface area contributed by atoms with Crippen LogP contribution in [0.25, 0.3) is 0 Å². The quantitative estimate of drug-likeness (QED) is 0.827. The molecule has 22 heavy (non-hydrogen) atoms. The lowest BCUT2D eigenvalue weighted by Crippen LogP contribution is -2.47. The van der Waals surface area contributed by atoms with E-state index in [1.807, 2.05) is 4.90 Å². The number of piperidine rings is 1. The van der Waals surface area contributed by atoms with E-state index < -0.39 is 10.0 Å².